The maximum absolute atomic E-state index is 12.9. The van der Waals surface area contributed by atoms with Crippen LogP contribution >= 0.6 is 0 Å². The fourth-order valence-electron chi connectivity index (χ4n) is 3.42. The number of carbonyl (C=O) groups excluding carboxylic acids is 1. The second-order valence-corrected chi connectivity index (χ2v) is 6.91. The number of rotatable bonds is 3. The SMILES string of the molecule is Cc1cc(C(=O)N2CCCCCC2)nc(Nc2ccc3c(c2)OCCO3)n1. The summed E-state index contributed by atoms with van der Waals surface area (Å²) in [5, 5.41) is 3.18. The van der Waals surface area contributed by atoms with E-state index >= 15 is 0 Å². The van der Waals surface area contributed by atoms with Crippen LogP contribution in [0.3, 0.4) is 0 Å². The summed E-state index contributed by atoms with van der Waals surface area (Å²) in [7, 11) is 0. The zero-order valence-corrected chi connectivity index (χ0v) is 15.5. The van der Waals surface area contributed by atoms with Gasteiger partial charge < -0.3 is 19.7 Å². The molecule has 0 saturated carbocycles. The molecule has 2 aromatic rings. The molecular formula is C20H24N4O3. The van der Waals surface area contributed by atoms with Crippen molar-refractivity contribution in [3.05, 3.63) is 35.7 Å². The molecule has 0 atom stereocenters. The summed E-state index contributed by atoms with van der Waals surface area (Å²) in [4.78, 5) is 23.7. The number of likely N-dealkylation sites (tertiary alicyclic amines) is 1. The highest BCUT2D eigenvalue weighted by Gasteiger charge is 2.20. The van der Waals surface area contributed by atoms with Crippen LogP contribution in [0.4, 0.5) is 11.6 Å². The molecule has 7 heteroatoms. The predicted octanol–water partition coefficient (Wildman–Crippen LogP) is 3.32. The Balaban J connectivity index is 1.54. The standard InChI is InChI=1S/C20H24N4O3/c1-14-12-16(19(25)24-8-4-2-3-5-9-24)23-20(21-14)22-15-6-7-17-18(13-15)27-11-10-26-17/h6-7,12-13H,2-5,8-11H2,1H3,(H,21,22,23). The van der Waals surface area contributed by atoms with Crippen LogP contribution in [0.25, 0.3) is 0 Å². The summed E-state index contributed by atoms with van der Waals surface area (Å²) < 4.78 is 11.2. The fraction of sp³-hybridized carbons (Fsp3) is 0.450. The number of benzene rings is 1. The van der Waals surface area contributed by atoms with Crippen molar-refractivity contribution in [3.63, 3.8) is 0 Å². The highest BCUT2D eigenvalue weighted by molar-refractivity contribution is 5.92. The molecule has 0 radical (unpaired) electrons. The predicted molar refractivity (Wildman–Crippen MR) is 102 cm³/mol. The monoisotopic (exact) mass is 368 g/mol. The van der Waals surface area contributed by atoms with Gasteiger partial charge in [0.1, 0.15) is 18.9 Å². The second kappa shape index (κ2) is 7.82. The van der Waals surface area contributed by atoms with E-state index in [0.29, 0.717) is 30.6 Å². The number of nitrogens with one attached hydrogen (secondary N) is 1. The van der Waals surface area contributed by atoms with Gasteiger partial charge in [-0.25, -0.2) is 9.97 Å². The summed E-state index contributed by atoms with van der Waals surface area (Å²) in [6.07, 6.45) is 4.48. The number of hydrogen-bond acceptors (Lipinski definition) is 6. The number of amides is 1. The van der Waals surface area contributed by atoms with E-state index < -0.39 is 0 Å². The molecule has 1 aromatic carbocycles. The third-order valence-corrected chi connectivity index (χ3v) is 4.76. The molecule has 0 bridgehead atoms. The Labute approximate surface area is 158 Å². The number of ether oxygens (including phenoxy) is 2. The van der Waals surface area contributed by atoms with Crippen LogP contribution in [-0.2, 0) is 0 Å². The third-order valence-electron chi connectivity index (χ3n) is 4.76. The van der Waals surface area contributed by atoms with Crippen LogP contribution < -0.4 is 14.8 Å². The summed E-state index contributed by atoms with van der Waals surface area (Å²) in [5.41, 5.74) is 1.98. The fourth-order valence-corrected chi connectivity index (χ4v) is 3.42. The van der Waals surface area contributed by atoms with E-state index in [0.717, 1.165) is 43.1 Å². The Morgan fingerprint density at radius 1 is 1.00 bits per heavy atom. The molecule has 1 fully saturated rings. The van der Waals surface area contributed by atoms with Gasteiger partial charge in [-0.1, -0.05) is 12.8 Å². The van der Waals surface area contributed by atoms with E-state index in [2.05, 4.69) is 15.3 Å². The lowest BCUT2D eigenvalue weighted by Crippen LogP contribution is -2.32. The van der Waals surface area contributed by atoms with Crippen molar-refractivity contribution in [2.75, 3.05) is 31.6 Å². The minimum absolute atomic E-state index is 0.0207. The van der Waals surface area contributed by atoms with E-state index in [1.54, 1.807) is 6.07 Å². The van der Waals surface area contributed by atoms with E-state index in [1.807, 2.05) is 30.0 Å². The number of aromatic nitrogens is 2. The Hall–Kier alpha value is -2.83. The number of anilines is 2. The van der Waals surface area contributed by atoms with E-state index in [9.17, 15) is 4.79 Å². The molecule has 1 saturated heterocycles. The first-order chi connectivity index (χ1) is 13.2. The van der Waals surface area contributed by atoms with Crippen LogP contribution in [0.2, 0.25) is 0 Å². The largest absolute Gasteiger partial charge is 0.486 e. The van der Waals surface area contributed by atoms with Crippen molar-refractivity contribution in [2.45, 2.75) is 32.6 Å². The molecule has 0 unspecified atom stereocenters. The molecule has 1 amide bonds. The lowest BCUT2D eigenvalue weighted by molar-refractivity contribution is 0.0755. The highest BCUT2D eigenvalue weighted by Crippen LogP contribution is 2.33. The van der Waals surface area contributed by atoms with Gasteiger partial charge in [0.15, 0.2) is 11.5 Å². The average Bonchev–Trinajstić information content (AvgIpc) is 2.96. The lowest BCUT2D eigenvalue weighted by Gasteiger charge is -2.20. The van der Waals surface area contributed by atoms with Crippen molar-refractivity contribution >= 4 is 17.5 Å². The van der Waals surface area contributed by atoms with Gasteiger partial charge in [-0.15, -0.1) is 0 Å². The minimum Gasteiger partial charge on any atom is -0.486 e. The van der Waals surface area contributed by atoms with Gasteiger partial charge in [0, 0.05) is 30.5 Å². The molecule has 0 spiro atoms. The van der Waals surface area contributed by atoms with Crippen LogP contribution in [0.15, 0.2) is 24.3 Å². The minimum atomic E-state index is -0.0207. The van der Waals surface area contributed by atoms with E-state index in [4.69, 9.17) is 9.47 Å². The maximum atomic E-state index is 12.9. The van der Waals surface area contributed by atoms with Crippen molar-refractivity contribution in [1.29, 1.82) is 0 Å². The summed E-state index contributed by atoms with van der Waals surface area (Å²) in [6.45, 7) is 4.56. The van der Waals surface area contributed by atoms with Gasteiger partial charge in [0.05, 0.1) is 0 Å². The second-order valence-electron chi connectivity index (χ2n) is 6.91. The Morgan fingerprint density at radius 2 is 1.74 bits per heavy atom. The van der Waals surface area contributed by atoms with Crippen LogP contribution in [0, 0.1) is 6.92 Å². The summed E-state index contributed by atoms with van der Waals surface area (Å²) in [6, 6.07) is 7.35. The number of aryl methyl sites for hydroxylation is 1. The number of nitrogens with zero attached hydrogens (tertiary/aromatic N) is 3. The summed E-state index contributed by atoms with van der Waals surface area (Å²) >= 11 is 0. The topological polar surface area (TPSA) is 76.6 Å². The zero-order chi connectivity index (χ0) is 18.6. The van der Waals surface area contributed by atoms with E-state index in [-0.39, 0.29) is 5.91 Å². The maximum Gasteiger partial charge on any atom is 0.272 e. The molecule has 27 heavy (non-hydrogen) atoms. The molecule has 1 aromatic heterocycles. The Morgan fingerprint density at radius 3 is 2.52 bits per heavy atom. The lowest BCUT2D eigenvalue weighted by atomic mass is 10.2. The average molecular weight is 368 g/mol. The van der Waals surface area contributed by atoms with Gasteiger partial charge in [-0.05, 0) is 38.0 Å². The molecule has 7 nitrogen and oxygen atoms in total. The Kier molecular flexibility index (Phi) is 5.09. The zero-order valence-electron chi connectivity index (χ0n) is 15.5. The molecule has 0 aliphatic carbocycles. The van der Waals surface area contributed by atoms with Crippen LogP contribution in [0.1, 0.15) is 41.9 Å². The first kappa shape index (κ1) is 17.6. The van der Waals surface area contributed by atoms with Crippen molar-refractivity contribution in [3.8, 4) is 11.5 Å². The molecule has 2 aliphatic heterocycles. The van der Waals surface area contributed by atoms with Crippen molar-refractivity contribution in [2.24, 2.45) is 0 Å². The normalized spacial score (nSPS) is 16.6. The number of fused-ring (bicyclic) bond motifs is 1. The Bertz CT molecular complexity index is 832. The third kappa shape index (κ3) is 4.13. The van der Waals surface area contributed by atoms with E-state index in [1.165, 1.54) is 12.8 Å². The molecule has 142 valence electrons. The van der Waals surface area contributed by atoms with Gasteiger partial charge in [-0.2, -0.15) is 0 Å². The first-order valence-corrected chi connectivity index (χ1v) is 9.51. The van der Waals surface area contributed by atoms with Gasteiger partial charge in [0.25, 0.3) is 5.91 Å². The van der Waals surface area contributed by atoms with Gasteiger partial charge in [-0.3, -0.25) is 4.79 Å². The van der Waals surface area contributed by atoms with Gasteiger partial charge >= 0.3 is 0 Å². The molecule has 1 N–H and O–H groups in total. The van der Waals surface area contributed by atoms with Gasteiger partial charge in [0.2, 0.25) is 5.95 Å². The molecule has 2 aliphatic rings. The first-order valence-electron chi connectivity index (χ1n) is 9.51. The summed E-state index contributed by atoms with van der Waals surface area (Å²) in [5.74, 6) is 1.81. The molecule has 4 rings (SSSR count). The quantitative estimate of drug-likeness (QED) is 0.896. The number of hydrogen-bond donors (Lipinski definition) is 1. The van der Waals surface area contributed by atoms with Crippen LogP contribution in [0.5, 0.6) is 11.5 Å². The number of carbonyl (C=O) groups is 1. The van der Waals surface area contributed by atoms with Crippen molar-refractivity contribution in [1.82, 2.24) is 14.9 Å². The molecule has 3 heterocycles. The smallest absolute Gasteiger partial charge is 0.272 e. The molecular weight excluding hydrogens is 344 g/mol. The highest BCUT2D eigenvalue weighted by atomic mass is 16.6. The van der Waals surface area contributed by atoms with Crippen molar-refractivity contribution < 1.29 is 14.3 Å². The van der Waals surface area contributed by atoms with Crippen LogP contribution in [-0.4, -0.2) is 47.1 Å².